The minimum atomic E-state index is -3.50. The molecule has 2 aliphatic heterocycles. The van der Waals surface area contributed by atoms with Crippen molar-refractivity contribution in [2.45, 2.75) is 50.2 Å². The fourth-order valence-electron chi connectivity index (χ4n) is 3.27. The van der Waals surface area contributed by atoms with E-state index in [1.807, 2.05) is 6.07 Å². The molecule has 0 aliphatic carbocycles. The lowest BCUT2D eigenvalue weighted by atomic mass is 10.1. The van der Waals surface area contributed by atoms with Crippen LogP contribution in [0.1, 0.15) is 33.1 Å². The zero-order valence-electron chi connectivity index (χ0n) is 13.9. The quantitative estimate of drug-likeness (QED) is 0.918. The Kier molecular flexibility index (Phi) is 4.94. The van der Waals surface area contributed by atoms with Crippen LogP contribution in [0.25, 0.3) is 0 Å². The summed E-state index contributed by atoms with van der Waals surface area (Å²) in [5.41, 5.74) is 0. The van der Waals surface area contributed by atoms with Gasteiger partial charge in [-0.2, -0.15) is 0 Å². The molecule has 0 bridgehead atoms. The summed E-state index contributed by atoms with van der Waals surface area (Å²) in [4.78, 5) is 2.68. The molecule has 2 aliphatic rings. The normalized spacial score (nSPS) is 27.4. The number of fused-ring (bicyclic) bond motifs is 2. The molecule has 23 heavy (non-hydrogen) atoms. The molecule has 0 radical (unpaired) electrons. The third-order valence-corrected chi connectivity index (χ3v) is 6.21. The van der Waals surface area contributed by atoms with Gasteiger partial charge in [0.15, 0.2) is 0 Å². The highest BCUT2D eigenvalue weighted by Gasteiger charge is 2.36. The number of hydrogen-bond donors (Lipinski definition) is 1. The Morgan fingerprint density at radius 3 is 2.78 bits per heavy atom. The van der Waals surface area contributed by atoms with Gasteiger partial charge in [0.1, 0.15) is 16.7 Å². The topological polar surface area (TPSA) is 58.6 Å². The molecule has 1 saturated heterocycles. The minimum Gasteiger partial charge on any atom is -0.487 e. The fourth-order valence-corrected chi connectivity index (χ4v) is 4.70. The van der Waals surface area contributed by atoms with Crippen LogP contribution < -0.4 is 9.46 Å². The Hall–Kier alpha value is -1.11. The van der Waals surface area contributed by atoms with Crippen LogP contribution in [-0.4, -0.2) is 45.1 Å². The second-order valence-corrected chi connectivity index (χ2v) is 8.61. The maximum atomic E-state index is 12.6. The number of likely N-dealkylation sites (tertiary alicyclic amines) is 1. The van der Waals surface area contributed by atoms with E-state index in [0.29, 0.717) is 11.7 Å². The third kappa shape index (κ3) is 3.87. The summed E-state index contributed by atoms with van der Waals surface area (Å²) < 4.78 is 34.0. The average molecular weight is 338 g/mol. The highest BCUT2D eigenvalue weighted by molar-refractivity contribution is 7.89. The van der Waals surface area contributed by atoms with Gasteiger partial charge in [0.05, 0.1) is 6.04 Å². The molecular formula is C17H26N2O3S. The van der Waals surface area contributed by atoms with E-state index in [0.717, 1.165) is 32.5 Å². The summed E-state index contributed by atoms with van der Waals surface area (Å²) >= 11 is 0. The highest BCUT2D eigenvalue weighted by atomic mass is 32.2. The Balaban J connectivity index is 1.76. The first-order valence-corrected chi connectivity index (χ1v) is 9.94. The van der Waals surface area contributed by atoms with Crippen LogP contribution in [0.2, 0.25) is 0 Å². The van der Waals surface area contributed by atoms with Crippen molar-refractivity contribution in [2.75, 3.05) is 19.6 Å². The largest absolute Gasteiger partial charge is 0.487 e. The second-order valence-electron chi connectivity index (χ2n) is 6.93. The number of nitrogens with zero attached hydrogens (tertiary/aromatic N) is 1. The number of rotatable bonds is 3. The molecular weight excluding hydrogens is 312 g/mol. The molecule has 128 valence electrons. The molecule has 3 rings (SSSR count). The predicted octanol–water partition coefficient (Wildman–Crippen LogP) is 2.24. The molecule has 1 aromatic rings. The summed E-state index contributed by atoms with van der Waals surface area (Å²) in [7, 11) is -3.50. The number of benzene rings is 1. The molecule has 6 heteroatoms. The average Bonchev–Trinajstić information content (AvgIpc) is 2.74. The van der Waals surface area contributed by atoms with Crippen LogP contribution in [0.4, 0.5) is 0 Å². The Labute approximate surface area is 139 Å². The molecule has 0 aromatic heterocycles. The molecule has 1 aromatic carbocycles. The van der Waals surface area contributed by atoms with Crippen LogP contribution in [0.5, 0.6) is 5.75 Å². The molecule has 0 unspecified atom stereocenters. The van der Waals surface area contributed by atoms with Crippen LogP contribution in [0.3, 0.4) is 0 Å². The van der Waals surface area contributed by atoms with E-state index in [2.05, 4.69) is 23.5 Å². The van der Waals surface area contributed by atoms with Gasteiger partial charge in [-0.05, 0) is 50.4 Å². The van der Waals surface area contributed by atoms with E-state index >= 15 is 0 Å². The van der Waals surface area contributed by atoms with Gasteiger partial charge in [0.2, 0.25) is 10.0 Å². The van der Waals surface area contributed by atoms with E-state index in [1.54, 1.807) is 18.2 Å². The van der Waals surface area contributed by atoms with Crippen molar-refractivity contribution in [3.05, 3.63) is 24.3 Å². The number of ether oxygens (including phenoxy) is 1. The van der Waals surface area contributed by atoms with Gasteiger partial charge in [-0.15, -0.1) is 0 Å². The molecule has 0 saturated carbocycles. The summed E-state index contributed by atoms with van der Waals surface area (Å²) in [6.45, 7) is 7.40. The van der Waals surface area contributed by atoms with Crippen LogP contribution >= 0.6 is 0 Å². The highest BCUT2D eigenvalue weighted by Crippen LogP contribution is 2.30. The SMILES string of the molecule is CC(C)CCN1CC[C@@H]2NS(=O)(=O)c3ccccc3O[C@H]2CC1. The predicted molar refractivity (Wildman–Crippen MR) is 90.1 cm³/mol. The summed E-state index contributed by atoms with van der Waals surface area (Å²) in [6, 6.07) is 6.75. The summed E-state index contributed by atoms with van der Waals surface area (Å²) in [5.74, 6) is 1.16. The van der Waals surface area contributed by atoms with Crippen LogP contribution in [0.15, 0.2) is 29.2 Å². The van der Waals surface area contributed by atoms with Crippen LogP contribution in [0, 0.1) is 5.92 Å². The Bertz CT molecular complexity index is 645. The standard InChI is InChI=1S/C17H26N2O3S/c1-13(2)7-10-19-11-8-14-15(9-12-19)22-16-5-3-4-6-17(16)23(20,21)18-14/h3-6,13-15,18H,7-12H2,1-2H3/t14-,15-/m0/s1. The number of sulfonamides is 1. The van der Waals surface area contributed by atoms with Gasteiger partial charge < -0.3 is 9.64 Å². The van der Waals surface area contributed by atoms with E-state index in [9.17, 15) is 8.42 Å². The number of hydrogen-bond acceptors (Lipinski definition) is 4. The zero-order chi connectivity index (χ0) is 16.4. The molecule has 1 N–H and O–H groups in total. The van der Waals surface area contributed by atoms with Gasteiger partial charge >= 0.3 is 0 Å². The summed E-state index contributed by atoms with van der Waals surface area (Å²) in [5, 5.41) is 0. The van der Waals surface area contributed by atoms with Crippen molar-refractivity contribution in [1.82, 2.24) is 9.62 Å². The summed E-state index contributed by atoms with van der Waals surface area (Å²) in [6.07, 6.45) is 2.71. The molecule has 5 nitrogen and oxygen atoms in total. The number of nitrogens with one attached hydrogen (secondary N) is 1. The van der Waals surface area contributed by atoms with Crippen molar-refractivity contribution in [3.8, 4) is 5.75 Å². The van der Waals surface area contributed by atoms with Crippen molar-refractivity contribution in [3.63, 3.8) is 0 Å². The molecule has 2 atom stereocenters. The second kappa shape index (κ2) is 6.79. The minimum absolute atomic E-state index is 0.0996. The van der Waals surface area contributed by atoms with E-state index in [4.69, 9.17) is 4.74 Å². The van der Waals surface area contributed by atoms with Gasteiger partial charge in [0.25, 0.3) is 0 Å². The van der Waals surface area contributed by atoms with E-state index in [-0.39, 0.29) is 17.0 Å². The van der Waals surface area contributed by atoms with E-state index in [1.165, 1.54) is 6.42 Å². The van der Waals surface area contributed by atoms with Crippen molar-refractivity contribution < 1.29 is 13.2 Å². The fraction of sp³-hybridized carbons (Fsp3) is 0.647. The maximum Gasteiger partial charge on any atom is 0.244 e. The van der Waals surface area contributed by atoms with Crippen molar-refractivity contribution >= 4 is 10.0 Å². The molecule has 0 amide bonds. The monoisotopic (exact) mass is 338 g/mol. The molecule has 1 fully saturated rings. The first kappa shape index (κ1) is 16.7. The Morgan fingerprint density at radius 2 is 2.00 bits per heavy atom. The lowest BCUT2D eigenvalue weighted by Crippen LogP contribution is -2.43. The lowest BCUT2D eigenvalue weighted by Gasteiger charge is -2.22. The first-order valence-electron chi connectivity index (χ1n) is 8.46. The smallest absolute Gasteiger partial charge is 0.244 e. The molecule has 0 spiro atoms. The van der Waals surface area contributed by atoms with Gasteiger partial charge in [-0.3, -0.25) is 0 Å². The first-order chi connectivity index (χ1) is 11.0. The van der Waals surface area contributed by atoms with Crippen LogP contribution in [-0.2, 0) is 10.0 Å². The number of para-hydroxylation sites is 1. The lowest BCUT2D eigenvalue weighted by molar-refractivity contribution is 0.156. The van der Waals surface area contributed by atoms with Gasteiger partial charge in [0, 0.05) is 6.54 Å². The maximum absolute atomic E-state index is 12.6. The Morgan fingerprint density at radius 1 is 1.26 bits per heavy atom. The van der Waals surface area contributed by atoms with Crippen molar-refractivity contribution in [2.24, 2.45) is 5.92 Å². The van der Waals surface area contributed by atoms with Gasteiger partial charge in [-0.1, -0.05) is 26.0 Å². The zero-order valence-corrected chi connectivity index (χ0v) is 14.7. The van der Waals surface area contributed by atoms with Gasteiger partial charge in [-0.25, -0.2) is 13.1 Å². The third-order valence-electron chi connectivity index (χ3n) is 4.68. The molecule has 2 heterocycles. The van der Waals surface area contributed by atoms with E-state index < -0.39 is 10.0 Å². The van der Waals surface area contributed by atoms with Crippen molar-refractivity contribution in [1.29, 1.82) is 0 Å².